The predicted octanol–water partition coefficient (Wildman–Crippen LogP) is 1.17. The fraction of sp³-hybridized carbons (Fsp3) is 0.714. The van der Waals surface area contributed by atoms with E-state index >= 15 is 0 Å². The highest BCUT2D eigenvalue weighted by atomic mass is 16.3. The van der Waals surface area contributed by atoms with E-state index in [1.165, 1.54) is 12.8 Å². The monoisotopic (exact) mass is 404 g/mol. The Morgan fingerprint density at radius 1 is 1.31 bits per heavy atom. The van der Waals surface area contributed by atoms with Gasteiger partial charge in [-0.3, -0.25) is 14.7 Å². The first kappa shape index (κ1) is 21.6. The second-order valence-corrected chi connectivity index (χ2v) is 8.05. The molecule has 3 heterocycles. The molecule has 3 rings (SSSR count). The van der Waals surface area contributed by atoms with Gasteiger partial charge in [0, 0.05) is 26.7 Å². The standard InChI is InChI=1S/C21H36N6O2/c1-23-21(24-9-6-11-26-10-4-7-17(16-26)20(22)28)25-15-18(19-8-5-14-29-19)27-12-2-3-13-27/h5,8,14,17-18H,2-4,6-7,9-13,15-16H2,1H3,(H2,22,28)(H2,23,24,25). The largest absolute Gasteiger partial charge is 0.468 e. The number of guanidine groups is 1. The molecule has 2 aliphatic heterocycles. The molecule has 4 N–H and O–H groups in total. The molecule has 29 heavy (non-hydrogen) atoms. The van der Waals surface area contributed by atoms with Crippen LogP contribution >= 0.6 is 0 Å². The van der Waals surface area contributed by atoms with Crippen molar-refractivity contribution in [2.24, 2.45) is 16.6 Å². The molecule has 0 aliphatic carbocycles. The molecule has 0 saturated carbocycles. The van der Waals surface area contributed by atoms with Gasteiger partial charge in [-0.05, 0) is 70.4 Å². The Labute approximate surface area is 173 Å². The molecule has 2 atom stereocenters. The number of piperidine rings is 1. The minimum Gasteiger partial charge on any atom is -0.468 e. The van der Waals surface area contributed by atoms with E-state index in [0.29, 0.717) is 0 Å². The molecule has 8 heteroatoms. The Morgan fingerprint density at radius 2 is 2.14 bits per heavy atom. The molecule has 0 spiro atoms. The van der Waals surface area contributed by atoms with Gasteiger partial charge in [0.15, 0.2) is 5.96 Å². The van der Waals surface area contributed by atoms with E-state index in [1.807, 2.05) is 6.07 Å². The maximum atomic E-state index is 11.4. The number of nitrogens with two attached hydrogens (primary N) is 1. The van der Waals surface area contributed by atoms with Gasteiger partial charge in [0.25, 0.3) is 0 Å². The number of nitrogens with one attached hydrogen (secondary N) is 2. The summed E-state index contributed by atoms with van der Waals surface area (Å²) < 4.78 is 5.68. The van der Waals surface area contributed by atoms with E-state index in [9.17, 15) is 4.79 Å². The van der Waals surface area contributed by atoms with Crippen molar-refractivity contribution in [1.29, 1.82) is 0 Å². The third-order valence-electron chi connectivity index (χ3n) is 5.99. The molecule has 162 valence electrons. The lowest BCUT2D eigenvalue weighted by Crippen LogP contribution is -2.44. The fourth-order valence-electron chi connectivity index (χ4n) is 4.36. The maximum Gasteiger partial charge on any atom is 0.221 e. The van der Waals surface area contributed by atoms with Gasteiger partial charge in [-0.1, -0.05) is 0 Å². The average molecular weight is 405 g/mol. The number of nitrogens with zero attached hydrogens (tertiary/aromatic N) is 3. The zero-order valence-corrected chi connectivity index (χ0v) is 17.6. The lowest BCUT2D eigenvalue weighted by molar-refractivity contribution is -0.123. The third-order valence-corrected chi connectivity index (χ3v) is 5.99. The summed E-state index contributed by atoms with van der Waals surface area (Å²) in [6.45, 7) is 6.64. The van der Waals surface area contributed by atoms with Gasteiger partial charge in [0.05, 0.1) is 18.2 Å². The number of furan rings is 1. The summed E-state index contributed by atoms with van der Waals surface area (Å²) in [7, 11) is 1.80. The van der Waals surface area contributed by atoms with Crippen LogP contribution in [0.5, 0.6) is 0 Å². The van der Waals surface area contributed by atoms with Crippen LogP contribution in [0.15, 0.2) is 27.8 Å². The van der Waals surface area contributed by atoms with Crippen LogP contribution in [0.1, 0.15) is 43.9 Å². The number of hydrogen-bond donors (Lipinski definition) is 3. The first-order chi connectivity index (χ1) is 14.2. The van der Waals surface area contributed by atoms with E-state index < -0.39 is 0 Å². The van der Waals surface area contributed by atoms with E-state index in [0.717, 1.165) is 76.8 Å². The van der Waals surface area contributed by atoms with Gasteiger partial charge in [-0.25, -0.2) is 0 Å². The van der Waals surface area contributed by atoms with Crippen molar-refractivity contribution in [1.82, 2.24) is 20.4 Å². The smallest absolute Gasteiger partial charge is 0.221 e. The summed E-state index contributed by atoms with van der Waals surface area (Å²) in [6.07, 6.45) is 7.22. The average Bonchev–Trinajstić information content (AvgIpc) is 3.45. The Balaban J connectivity index is 1.39. The summed E-state index contributed by atoms with van der Waals surface area (Å²) in [4.78, 5) is 20.6. The molecular weight excluding hydrogens is 368 g/mol. The van der Waals surface area contributed by atoms with Gasteiger partial charge >= 0.3 is 0 Å². The summed E-state index contributed by atoms with van der Waals surface area (Å²) in [5.74, 6) is 1.66. The number of amides is 1. The Morgan fingerprint density at radius 3 is 2.83 bits per heavy atom. The van der Waals surface area contributed by atoms with Crippen molar-refractivity contribution in [3.8, 4) is 0 Å². The normalized spacial score (nSPS) is 22.5. The second kappa shape index (κ2) is 11.2. The summed E-state index contributed by atoms with van der Waals surface area (Å²) >= 11 is 0. The number of likely N-dealkylation sites (tertiary alicyclic amines) is 2. The first-order valence-corrected chi connectivity index (χ1v) is 10.9. The van der Waals surface area contributed by atoms with Crippen molar-refractivity contribution in [3.63, 3.8) is 0 Å². The van der Waals surface area contributed by atoms with Gasteiger partial charge in [-0.15, -0.1) is 0 Å². The van der Waals surface area contributed by atoms with Crippen molar-refractivity contribution in [3.05, 3.63) is 24.2 Å². The number of rotatable bonds is 9. The zero-order chi connectivity index (χ0) is 20.5. The molecule has 1 aromatic rings. The van der Waals surface area contributed by atoms with Crippen LogP contribution in [0.4, 0.5) is 0 Å². The number of hydrogen-bond acceptors (Lipinski definition) is 5. The van der Waals surface area contributed by atoms with Crippen molar-refractivity contribution >= 4 is 11.9 Å². The van der Waals surface area contributed by atoms with Gasteiger partial charge < -0.3 is 25.7 Å². The summed E-state index contributed by atoms with van der Waals surface area (Å²) in [5, 5.41) is 6.86. The molecule has 1 amide bonds. The van der Waals surface area contributed by atoms with Gasteiger partial charge in [-0.2, -0.15) is 0 Å². The Kier molecular flexibility index (Phi) is 8.37. The van der Waals surface area contributed by atoms with E-state index in [4.69, 9.17) is 10.2 Å². The van der Waals surface area contributed by atoms with Crippen LogP contribution in [0, 0.1) is 5.92 Å². The van der Waals surface area contributed by atoms with Crippen molar-refractivity contribution in [2.45, 2.75) is 38.1 Å². The quantitative estimate of drug-likeness (QED) is 0.325. The number of primary amides is 1. The molecular formula is C21H36N6O2. The lowest BCUT2D eigenvalue weighted by Gasteiger charge is -2.31. The molecule has 2 unspecified atom stereocenters. The number of aliphatic imine (C=N–C) groups is 1. The minimum atomic E-state index is -0.165. The molecule has 2 fully saturated rings. The Hall–Kier alpha value is -2.06. The van der Waals surface area contributed by atoms with E-state index in [1.54, 1.807) is 13.3 Å². The highest BCUT2D eigenvalue weighted by molar-refractivity contribution is 5.79. The highest BCUT2D eigenvalue weighted by Crippen LogP contribution is 2.24. The fourth-order valence-corrected chi connectivity index (χ4v) is 4.36. The number of carbonyl (C=O) groups is 1. The van der Waals surface area contributed by atoms with E-state index in [2.05, 4.69) is 31.5 Å². The van der Waals surface area contributed by atoms with Crippen molar-refractivity contribution in [2.75, 3.05) is 52.9 Å². The maximum absolute atomic E-state index is 11.4. The minimum absolute atomic E-state index is 0.00950. The molecule has 8 nitrogen and oxygen atoms in total. The van der Waals surface area contributed by atoms with Crippen molar-refractivity contribution < 1.29 is 9.21 Å². The summed E-state index contributed by atoms with van der Waals surface area (Å²) in [6, 6.07) is 4.23. The van der Waals surface area contributed by atoms with Crippen LogP contribution in [0.3, 0.4) is 0 Å². The Bertz CT molecular complexity index is 642. The molecule has 0 bridgehead atoms. The third kappa shape index (κ3) is 6.47. The number of carbonyl (C=O) groups excluding carboxylic acids is 1. The SMILES string of the molecule is CN=C(NCCCN1CCCC(C(N)=O)C1)NCC(c1ccco1)N1CCCC1. The van der Waals surface area contributed by atoms with Crippen LogP contribution in [-0.4, -0.2) is 74.5 Å². The molecule has 2 aliphatic rings. The molecule has 2 saturated heterocycles. The lowest BCUT2D eigenvalue weighted by atomic mass is 9.97. The van der Waals surface area contributed by atoms with Gasteiger partial charge in [0.2, 0.25) is 5.91 Å². The van der Waals surface area contributed by atoms with Crippen LogP contribution < -0.4 is 16.4 Å². The second-order valence-electron chi connectivity index (χ2n) is 8.05. The first-order valence-electron chi connectivity index (χ1n) is 10.9. The predicted molar refractivity (Wildman–Crippen MR) is 115 cm³/mol. The topological polar surface area (TPSA) is 99.1 Å². The van der Waals surface area contributed by atoms with E-state index in [-0.39, 0.29) is 17.9 Å². The molecule has 1 aromatic heterocycles. The van der Waals surface area contributed by atoms with Gasteiger partial charge in [0.1, 0.15) is 5.76 Å². The van der Waals surface area contributed by atoms with Crippen LogP contribution in [0.2, 0.25) is 0 Å². The van der Waals surface area contributed by atoms with Crippen LogP contribution in [-0.2, 0) is 4.79 Å². The highest BCUT2D eigenvalue weighted by Gasteiger charge is 2.26. The summed E-state index contributed by atoms with van der Waals surface area (Å²) in [5.41, 5.74) is 5.47. The van der Waals surface area contributed by atoms with Crippen LogP contribution in [0.25, 0.3) is 0 Å². The molecule has 0 radical (unpaired) electrons. The molecule has 0 aromatic carbocycles. The zero-order valence-electron chi connectivity index (χ0n) is 17.6.